The van der Waals surface area contributed by atoms with Crippen LogP contribution in [0.1, 0.15) is 26.2 Å². The molecule has 2 fully saturated rings. The number of hydrogen-bond donors (Lipinski definition) is 5. The first kappa shape index (κ1) is 17.1. The van der Waals surface area contributed by atoms with E-state index in [1.807, 2.05) is 6.92 Å². The summed E-state index contributed by atoms with van der Waals surface area (Å²) < 4.78 is 6.02. The molecule has 0 unspecified atom stereocenters. The first-order valence-corrected chi connectivity index (χ1v) is 8.89. The molecule has 5 N–H and O–H groups in total. The minimum atomic E-state index is -0.626. The maximum Gasteiger partial charge on any atom is 0.240 e. The van der Waals surface area contributed by atoms with Crippen molar-refractivity contribution < 1.29 is 14.6 Å². The van der Waals surface area contributed by atoms with Gasteiger partial charge in [-0.05, 0) is 32.7 Å². The van der Waals surface area contributed by atoms with E-state index in [0.29, 0.717) is 24.4 Å². The second-order valence-corrected chi connectivity index (χ2v) is 6.78. The maximum atomic E-state index is 12.3. The van der Waals surface area contributed by atoms with Crippen molar-refractivity contribution in [2.24, 2.45) is 0 Å². The lowest BCUT2D eigenvalue weighted by molar-refractivity contribution is -0.128. The number of nitrogens with zero attached hydrogens (tertiary/aromatic N) is 3. The number of amides is 1. The third kappa shape index (κ3) is 3.35. The quantitative estimate of drug-likeness (QED) is 0.491. The number of aliphatic hydroxyl groups is 1. The molecule has 1 amide bonds. The highest BCUT2D eigenvalue weighted by molar-refractivity contribution is 5.83. The van der Waals surface area contributed by atoms with Crippen LogP contribution < -0.4 is 16.0 Å². The highest BCUT2D eigenvalue weighted by Crippen LogP contribution is 2.23. The smallest absolute Gasteiger partial charge is 0.240 e. The van der Waals surface area contributed by atoms with Crippen LogP contribution in [-0.2, 0) is 9.53 Å². The number of nitrogens with one attached hydrogen (secondary N) is 4. The van der Waals surface area contributed by atoms with Gasteiger partial charge >= 0.3 is 0 Å². The van der Waals surface area contributed by atoms with Crippen molar-refractivity contribution in [1.29, 1.82) is 0 Å². The number of carbonyl (C=O) groups excluding carboxylic acids is 1. The Balaban J connectivity index is 1.35. The summed E-state index contributed by atoms with van der Waals surface area (Å²) in [6, 6.07) is -0.625. The summed E-state index contributed by atoms with van der Waals surface area (Å²) in [4.78, 5) is 27.8. The highest BCUT2D eigenvalue weighted by atomic mass is 16.5. The average molecular weight is 361 g/mol. The number of aliphatic hydroxyl groups excluding tert-OH is 1. The van der Waals surface area contributed by atoms with Crippen LogP contribution in [0, 0.1) is 0 Å². The van der Waals surface area contributed by atoms with Crippen LogP contribution in [0.4, 0.5) is 5.82 Å². The molecule has 2 aliphatic heterocycles. The van der Waals surface area contributed by atoms with Crippen LogP contribution in [0.15, 0.2) is 12.7 Å². The van der Waals surface area contributed by atoms with E-state index in [4.69, 9.17) is 4.74 Å². The summed E-state index contributed by atoms with van der Waals surface area (Å²) in [5.41, 5.74) is 1.33. The largest absolute Gasteiger partial charge is 0.391 e. The lowest BCUT2D eigenvalue weighted by Gasteiger charge is -2.36. The maximum absolute atomic E-state index is 12.3. The molecule has 0 spiro atoms. The number of fused-ring (bicyclic) bond motifs is 1. The molecular weight excluding hydrogens is 338 g/mol. The molecule has 26 heavy (non-hydrogen) atoms. The van der Waals surface area contributed by atoms with E-state index in [1.165, 1.54) is 6.33 Å². The third-order valence-corrected chi connectivity index (χ3v) is 5.01. The molecular formula is C16H23N7O3. The normalized spacial score (nSPS) is 31.8. The summed E-state index contributed by atoms with van der Waals surface area (Å²) in [5, 5.41) is 19.1. The predicted octanol–water partition coefficient (Wildman–Crippen LogP) is -0.503. The molecule has 10 nitrogen and oxygen atoms in total. The molecule has 2 saturated heterocycles. The van der Waals surface area contributed by atoms with Crippen LogP contribution in [0.5, 0.6) is 0 Å². The predicted molar refractivity (Wildman–Crippen MR) is 93.2 cm³/mol. The summed E-state index contributed by atoms with van der Waals surface area (Å²) >= 11 is 0. The van der Waals surface area contributed by atoms with Crippen molar-refractivity contribution in [3.8, 4) is 0 Å². The molecule has 5 atom stereocenters. The lowest BCUT2D eigenvalue weighted by Crippen LogP contribution is -2.55. The molecule has 0 aliphatic carbocycles. The van der Waals surface area contributed by atoms with E-state index >= 15 is 0 Å². The molecule has 4 heterocycles. The number of anilines is 1. The Hall–Kier alpha value is -2.30. The number of H-pyrrole nitrogens is 1. The van der Waals surface area contributed by atoms with Gasteiger partial charge in [-0.2, -0.15) is 0 Å². The summed E-state index contributed by atoms with van der Waals surface area (Å²) in [5.74, 6) is 0.474. The van der Waals surface area contributed by atoms with Gasteiger partial charge < -0.3 is 30.8 Å². The number of carbonyl (C=O) groups is 1. The van der Waals surface area contributed by atoms with Gasteiger partial charge in [0.2, 0.25) is 5.91 Å². The number of hydrogen-bond acceptors (Lipinski definition) is 8. The van der Waals surface area contributed by atoms with Crippen LogP contribution in [0.2, 0.25) is 0 Å². The second-order valence-electron chi connectivity index (χ2n) is 6.78. The Morgan fingerprint density at radius 3 is 2.96 bits per heavy atom. The Kier molecular flexibility index (Phi) is 4.70. The number of aromatic amines is 1. The number of imidazole rings is 1. The summed E-state index contributed by atoms with van der Waals surface area (Å²) in [6.07, 6.45) is 4.12. The Morgan fingerprint density at radius 2 is 2.19 bits per heavy atom. The number of ether oxygens (including phenoxy) is 1. The van der Waals surface area contributed by atoms with Crippen LogP contribution in [0.25, 0.3) is 11.2 Å². The summed E-state index contributed by atoms with van der Waals surface area (Å²) in [6.45, 7) is 2.59. The van der Waals surface area contributed by atoms with Crippen LogP contribution in [-0.4, -0.2) is 68.0 Å². The molecule has 2 aliphatic rings. The van der Waals surface area contributed by atoms with Gasteiger partial charge in [0.15, 0.2) is 11.5 Å². The lowest BCUT2D eigenvalue weighted by atomic mass is 10.0. The fourth-order valence-corrected chi connectivity index (χ4v) is 3.54. The van der Waals surface area contributed by atoms with Gasteiger partial charge in [-0.25, -0.2) is 15.0 Å². The van der Waals surface area contributed by atoms with Gasteiger partial charge in [0.25, 0.3) is 0 Å². The number of rotatable bonds is 4. The van der Waals surface area contributed by atoms with E-state index in [-0.39, 0.29) is 24.3 Å². The van der Waals surface area contributed by atoms with E-state index in [0.717, 1.165) is 18.4 Å². The van der Waals surface area contributed by atoms with Crippen molar-refractivity contribution in [2.45, 2.75) is 56.7 Å². The molecule has 4 rings (SSSR count). The molecule has 0 aromatic carbocycles. The zero-order valence-electron chi connectivity index (χ0n) is 14.5. The topological polar surface area (TPSA) is 137 Å². The highest BCUT2D eigenvalue weighted by Gasteiger charge is 2.35. The molecule has 10 heteroatoms. The Bertz CT molecular complexity index is 782. The standard InChI is InChI=1S/C16H23N7O3/c1-8-9(22-16(25)12-10(24)4-5-17-12)2-3-11(26-8)23-15-13-14(19-6-18-13)20-7-21-15/h6-12,17,24H,2-5H2,1H3,(H,22,25)(H2,18,19,20,21,23)/t8-,9+,10-,11-,12+/m0/s1. The van der Waals surface area contributed by atoms with Crippen molar-refractivity contribution in [1.82, 2.24) is 30.6 Å². The molecule has 2 aromatic rings. The monoisotopic (exact) mass is 361 g/mol. The van der Waals surface area contributed by atoms with E-state index in [9.17, 15) is 9.90 Å². The molecule has 0 radical (unpaired) electrons. The SMILES string of the molecule is C[C@@H]1O[C@H](Nc2ncnc3nc[nH]c23)CC[C@H]1NC(=O)[C@@H]1NCC[C@@H]1O. The van der Waals surface area contributed by atoms with Gasteiger partial charge in [-0.1, -0.05) is 0 Å². The minimum Gasteiger partial charge on any atom is -0.391 e. The van der Waals surface area contributed by atoms with Crippen LogP contribution >= 0.6 is 0 Å². The minimum absolute atomic E-state index is 0.0901. The van der Waals surface area contributed by atoms with Crippen molar-refractivity contribution in [2.75, 3.05) is 11.9 Å². The van der Waals surface area contributed by atoms with Gasteiger partial charge in [0.05, 0.1) is 24.6 Å². The second kappa shape index (κ2) is 7.14. The Labute approximate surface area is 150 Å². The zero-order valence-corrected chi connectivity index (χ0v) is 14.5. The molecule has 0 bridgehead atoms. The van der Waals surface area contributed by atoms with Gasteiger partial charge in [-0.3, -0.25) is 4.79 Å². The van der Waals surface area contributed by atoms with Gasteiger partial charge in [0, 0.05) is 0 Å². The Morgan fingerprint density at radius 1 is 1.31 bits per heavy atom. The first-order chi connectivity index (χ1) is 12.6. The van der Waals surface area contributed by atoms with E-state index < -0.39 is 12.1 Å². The summed E-state index contributed by atoms with van der Waals surface area (Å²) in [7, 11) is 0. The zero-order chi connectivity index (χ0) is 18.1. The van der Waals surface area contributed by atoms with Gasteiger partial charge in [-0.15, -0.1) is 0 Å². The van der Waals surface area contributed by atoms with Crippen molar-refractivity contribution in [3.05, 3.63) is 12.7 Å². The van der Waals surface area contributed by atoms with Crippen molar-refractivity contribution in [3.63, 3.8) is 0 Å². The van der Waals surface area contributed by atoms with Gasteiger partial charge in [0.1, 0.15) is 24.1 Å². The van der Waals surface area contributed by atoms with Crippen molar-refractivity contribution >= 4 is 22.9 Å². The number of aromatic nitrogens is 4. The van der Waals surface area contributed by atoms with E-state index in [2.05, 4.69) is 35.9 Å². The first-order valence-electron chi connectivity index (χ1n) is 8.89. The average Bonchev–Trinajstić information content (AvgIpc) is 3.26. The van der Waals surface area contributed by atoms with Crippen LogP contribution in [0.3, 0.4) is 0 Å². The van der Waals surface area contributed by atoms with E-state index in [1.54, 1.807) is 6.33 Å². The fraction of sp³-hybridized carbons (Fsp3) is 0.625. The molecule has 2 aromatic heterocycles. The third-order valence-electron chi connectivity index (χ3n) is 5.01. The molecule has 0 saturated carbocycles. The fourth-order valence-electron chi connectivity index (χ4n) is 3.54. The molecule has 140 valence electrons.